The highest BCUT2D eigenvalue weighted by molar-refractivity contribution is 5.75. The lowest BCUT2D eigenvalue weighted by molar-refractivity contribution is 0.261. The van der Waals surface area contributed by atoms with E-state index in [9.17, 15) is 0 Å². The number of hydrogen-bond donors (Lipinski definition) is 0. The van der Waals surface area contributed by atoms with Gasteiger partial charge in [0.15, 0.2) is 11.5 Å². The summed E-state index contributed by atoms with van der Waals surface area (Å²) in [6, 6.07) is 22.5. The number of benzene rings is 3. The molecule has 0 aliphatic carbocycles. The van der Waals surface area contributed by atoms with Crippen molar-refractivity contribution in [2.45, 2.75) is 46.3 Å². The lowest BCUT2D eigenvalue weighted by Crippen LogP contribution is -2.13. The van der Waals surface area contributed by atoms with Crippen LogP contribution in [-0.4, -0.2) is 23.3 Å². The maximum Gasteiger partial charge on any atom is 0.161 e. The van der Waals surface area contributed by atoms with Crippen LogP contribution in [0.4, 0.5) is 0 Å². The number of methoxy groups -OCH3 is 1. The molecule has 0 aliphatic heterocycles. The Morgan fingerprint density at radius 3 is 2.51 bits per heavy atom. The number of aromatic nitrogens is 2. The fourth-order valence-electron chi connectivity index (χ4n) is 4.11. The smallest absolute Gasteiger partial charge is 0.161 e. The van der Waals surface area contributed by atoms with Gasteiger partial charge in [0.05, 0.1) is 24.7 Å². The van der Waals surface area contributed by atoms with Crippen LogP contribution in [0.5, 0.6) is 17.2 Å². The van der Waals surface area contributed by atoms with Crippen LogP contribution in [0, 0.1) is 0 Å². The summed E-state index contributed by atoms with van der Waals surface area (Å²) in [5, 5.41) is 0. The van der Waals surface area contributed by atoms with Crippen molar-refractivity contribution in [2.24, 2.45) is 0 Å². The molecule has 0 bridgehead atoms. The van der Waals surface area contributed by atoms with Gasteiger partial charge in [0.1, 0.15) is 24.8 Å². The molecule has 182 valence electrons. The average Bonchev–Trinajstić information content (AvgIpc) is 3.25. The fourth-order valence-corrected chi connectivity index (χ4v) is 4.11. The second-order valence-corrected chi connectivity index (χ2v) is 8.59. The highest BCUT2D eigenvalue weighted by atomic mass is 16.5. The normalized spacial score (nSPS) is 12.2. The van der Waals surface area contributed by atoms with E-state index in [1.807, 2.05) is 55.5 Å². The van der Waals surface area contributed by atoms with Crippen molar-refractivity contribution in [3.05, 3.63) is 89.8 Å². The predicted octanol–water partition coefficient (Wildman–Crippen LogP) is 7.25. The molecule has 5 nitrogen and oxygen atoms in total. The maximum atomic E-state index is 6.15. The number of imidazole rings is 1. The molecule has 4 aromatic rings. The quantitative estimate of drug-likeness (QED) is 0.232. The van der Waals surface area contributed by atoms with Crippen LogP contribution in [0.2, 0.25) is 0 Å². The predicted molar refractivity (Wildman–Crippen MR) is 142 cm³/mol. The molecule has 0 aliphatic rings. The van der Waals surface area contributed by atoms with Gasteiger partial charge in [0.2, 0.25) is 0 Å². The van der Waals surface area contributed by atoms with Crippen LogP contribution in [-0.2, 0) is 13.2 Å². The molecule has 35 heavy (non-hydrogen) atoms. The first-order valence-corrected chi connectivity index (χ1v) is 12.2. The topological polar surface area (TPSA) is 45.5 Å². The zero-order valence-electron chi connectivity index (χ0n) is 21.0. The van der Waals surface area contributed by atoms with Gasteiger partial charge in [-0.05, 0) is 66.8 Å². The van der Waals surface area contributed by atoms with Crippen molar-refractivity contribution in [1.29, 1.82) is 0 Å². The van der Waals surface area contributed by atoms with Gasteiger partial charge in [-0.3, -0.25) is 0 Å². The average molecular weight is 471 g/mol. The van der Waals surface area contributed by atoms with Crippen molar-refractivity contribution in [2.75, 3.05) is 13.7 Å². The summed E-state index contributed by atoms with van der Waals surface area (Å²) in [6.07, 6.45) is 5.16. The zero-order chi connectivity index (χ0) is 24.6. The lowest BCUT2D eigenvalue weighted by Gasteiger charge is -2.14. The van der Waals surface area contributed by atoms with E-state index in [2.05, 4.69) is 48.7 Å². The van der Waals surface area contributed by atoms with Gasteiger partial charge in [-0.15, -0.1) is 0 Å². The summed E-state index contributed by atoms with van der Waals surface area (Å²) >= 11 is 0. The molecule has 0 fully saturated rings. The van der Waals surface area contributed by atoms with Crippen LogP contribution in [0.1, 0.15) is 50.1 Å². The largest absolute Gasteiger partial charge is 0.493 e. The van der Waals surface area contributed by atoms with Gasteiger partial charge in [0, 0.05) is 0 Å². The molecule has 0 saturated heterocycles. The Balaban J connectivity index is 1.47. The summed E-state index contributed by atoms with van der Waals surface area (Å²) < 4.78 is 19.9. The minimum Gasteiger partial charge on any atom is -0.493 e. The van der Waals surface area contributed by atoms with Crippen LogP contribution >= 0.6 is 0 Å². The van der Waals surface area contributed by atoms with Gasteiger partial charge in [-0.2, -0.15) is 0 Å². The first-order valence-electron chi connectivity index (χ1n) is 12.2. The third-order valence-electron chi connectivity index (χ3n) is 6.28. The van der Waals surface area contributed by atoms with Gasteiger partial charge in [0.25, 0.3) is 0 Å². The molecule has 1 unspecified atom stereocenters. The Labute approximate surface area is 208 Å². The molecule has 0 amide bonds. The SMILES string of the molecule is C/C=C\c1ccc(OCc2nc3ccccc3n2CCOc2ccc(C(C)CC)cc2)c(OC)c1. The lowest BCUT2D eigenvalue weighted by atomic mass is 9.99. The number of fused-ring (bicyclic) bond motifs is 1. The number of ether oxygens (including phenoxy) is 3. The van der Waals surface area contributed by atoms with Crippen molar-refractivity contribution < 1.29 is 14.2 Å². The number of hydrogen-bond acceptors (Lipinski definition) is 4. The van der Waals surface area contributed by atoms with Crippen molar-refractivity contribution in [1.82, 2.24) is 9.55 Å². The molecular weight excluding hydrogens is 436 g/mol. The Bertz CT molecular complexity index is 1270. The summed E-state index contributed by atoms with van der Waals surface area (Å²) in [4.78, 5) is 4.83. The number of allylic oxidation sites excluding steroid dienone is 1. The Morgan fingerprint density at radius 2 is 1.77 bits per heavy atom. The highest BCUT2D eigenvalue weighted by Crippen LogP contribution is 2.30. The minimum absolute atomic E-state index is 0.331. The van der Waals surface area contributed by atoms with E-state index in [1.165, 1.54) is 5.56 Å². The summed E-state index contributed by atoms with van der Waals surface area (Å²) in [5.41, 5.74) is 4.42. The highest BCUT2D eigenvalue weighted by Gasteiger charge is 2.13. The third-order valence-corrected chi connectivity index (χ3v) is 6.28. The molecule has 5 heteroatoms. The van der Waals surface area contributed by atoms with Gasteiger partial charge in [-0.1, -0.05) is 56.3 Å². The van der Waals surface area contributed by atoms with E-state index in [4.69, 9.17) is 19.2 Å². The third kappa shape index (κ3) is 5.86. The van der Waals surface area contributed by atoms with E-state index in [1.54, 1.807) is 7.11 Å². The fraction of sp³-hybridized carbons (Fsp3) is 0.300. The van der Waals surface area contributed by atoms with Crippen LogP contribution in [0.3, 0.4) is 0 Å². The Hall–Kier alpha value is -3.73. The van der Waals surface area contributed by atoms with Crippen LogP contribution < -0.4 is 14.2 Å². The molecule has 0 radical (unpaired) electrons. The first-order chi connectivity index (χ1) is 17.1. The standard InChI is InChI=1S/C30H34N2O3/c1-5-9-23-12-17-28(29(20-23)33-4)35-21-30-31-26-10-7-8-11-27(26)32(30)18-19-34-25-15-13-24(14-16-25)22(3)6-2/h5,7-17,20,22H,6,18-19,21H2,1-4H3/b9-5-. The van der Waals surface area contributed by atoms with Crippen LogP contribution in [0.25, 0.3) is 17.1 Å². The van der Waals surface area contributed by atoms with Crippen molar-refractivity contribution in [3.63, 3.8) is 0 Å². The maximum absolute atomic E-state index is 6.15. The molecule has 1 heterocycles. The van der Waals surface area contributed by atoms with E-state index in [0.29, 0.717) is 37.2 Å². The van der Waals surface area contributed by atoms with Crippen molar-refractivity contribution >= 4 is 17.1 Å². The molecule has 3 aromatic carbocycles. The Morgan fingerprint density at radius 1 is 0.971 bits per heavy atom. The minimum atomic E-state index is 0.331. The van der Waals surface area contributed by atoms with E-state index in [0.717, 1.165) is 34.6 Å². The molecule has 1 aromatic heterocycles. The van der Waals surface area contributed by atoms with Gasteiger partial charge in [-0.25, -0.2) is 4.98 Å². The molecular formula is C30H34N2O3. The zero-order valence-corrected chi connectivity index (χ0v) is 21.0. The molecule has 4 rings (SSSR count). The number of nitrogens with zero attached hydrogens (tertiary/aromatic N) is 2. The summed E-state index contributed by atoms with van der Waals surface area (Å²) in [7, 11) is 1.66. The second-order valence-electron chi connectivity index (χ2n) is 8.59. The number of rotatable bonds is 11. The first kappa shape index (κ1) is 24.4. The monoisotopic (exact) mass is 470 g/mol. The van der Waals surface area contributed by atoms with Gasteiger partial charge < -0.3 is 18.8 Å². The van der Waals surface area contributed by atoms with E-state index < -0.39 is 0 Å². The van der Waals surface area contributed by atoms with Crippen molar-refractivity contribution in [3.8, 4) is 17.2 Å². The van der Waals surface area contributed by atoms with Gasteiger partial charge >= 0.3 is 0 Å². The van der Waals surface area contributed by atoms with E-state index in [-0.39, 0.29) is 0 Å². The molecule has 0 N–H and O–H groups in total. The molecule has 0 saturated carbocycles. The van der Waals surface area contributed by atoms with Crippen LogP contribution in [0.15, 0.2) is 72.8 Å². The second kappa shape index (κ2) is 11.6. The number of para-hydroxylation sites is 2. The Kier molecular flexibility index (Phi) is 8.09. The summed E-state index contributed by atoms with van der Waals surface area (Å²) in [5.74, 6) is 3.68. The molecule has 0 spiro atoms. The molecule has 1 atom stereocenters. The van der Waals surface area contributed by atoms with E-state index >= 15 is 0 Å². The summed E-state index contributed by atoms with van der Waals surface area (Å²) in [6.45, 7) is 7.99.